The number of nitrogens with zero attached hydrogens (tertiary/aromatic N) is 2. The summed E-state index contributed by atoms with van der Waals surface area (Å²) < 4.78 is 33.2. The van der Waals surface area contributed by atoms with Crippen LogP contribution in [0.15, 0.2) is 24.5 Å². The van der Waals surface area contributed by atoms with E-state index in [2.05, 4.69) is 9.50 Å². The molecule has 1 unspecified atom stereocenters. The van der Waals surface area contributed by atoms with E-state index < -0.39 is 22.2 Å². The molecule has 0 aliphatic carbocycles. The Bertz CT molecular complexity index is 853. The average Bonchev–Trinajstić information content (AvgIpc) is 2.61. The zero-order valence-electron chi connectivity index (χ0n) is 18.0. The molecule has 0 aliphatic rings. The first-order chi connectivity index (χ1) is 13.9. The Hall–Kier alpha value is -2.69. The fraction of sp³-hybridized carbons (Fsp3) is 0.579. The second kappa shape index (κ2) is 11.5. The van der Waals surface area contributed by atoms with Gasteiger partial charge in [0.25, 0.3) is 12.6 Å². The van der Waals surface area contributed by atoms with Gasteiger partial charge in [-0.3, -0.25) is 9.59 Å². The van der Waals surface area contributed by atoms with Gasteiger partial charge in [0.2, 0.25) is 0 Å². The molecule has 0 bridgehead atoms. The first kappa shape index (κ1) is 25.3. The molecule has 1 heterocycles. The van der Waals surface area contributed by atoms with Gasteiger partial charge in [-0.05, 0) is 24.3 Å². The van der Waals surface area contributed by atoms with Gasteiger partial charge in [-0.15, -0.1) is 0 Å². The van der Waals surface area contributed by atoms with E-state index >= 15 is 0 Å². The number of carbonyl (C=O) groups is 3. The van der Waals surface area contributed by atoms with E-state index in [1.165, 1.54) is 4.90 Å². The summed E-state index contributed by atoms with van der Waals surface area (Å²) in [5, 5.41) is 2.58. The van der Waals surface area contributed by atoms with Crippen molar-refractivity contribution in [2.75, 3.05) is 26.9 Å². The molecule has 1 N–H and O–H groups in total. The molecule has 2 amide bonds. The van der Waals surface area contributed by atoms with Crippen molar-refractivity contribution >= 4 is 28.1 Å². The van der Waals surface area contributed by atoms with Crippen LogP contribution in [0.25, 0.3) is 0 Å². The average molecular weight is 445 g/mol. The van der Waals surface area contributed by atoms with Gasteiger partial charge in [0.15, 0.2) is 12.4 Å². The SMILES string of the molecule is CC(C)CC(CNC(=O)OC[n+]1cccc(C(=O)N(C)C)c1)CC(=O)OS(C)(=O)=O. The zero-order chi connectivity index (χ0) is 22.9. The normalized spacial score (nSPS) is 12.2. The molecular weight excluding hydrogens is 414 g/mol. The van der Waals surface area contributed by atoms with Gasteiger partial charge in [-0.2, -0.15) is 13.0 Å². The molecule has 11 heteroatoms. The van der Waals surface area contributed by atoms with Crippen molar-refractivity contribution in [3.05, 3.63) is 30.1 Å². The van der Waals surface area contributed by atoms with Crippen LogP contribution in [0.1, 0.15) is 37.0 Å². The summed E-state index contributed by atoms with van der Waals surface area (Å²) in [5.74, 6) is -1.12. The van der Waals surface area contributed by atoms with E-state index in [1.807, 2.05) is 13.8 Å². The van der Waals surface area contributed by atoms with Crippen molar-refractivity contribution in [1.82, 2.24) is 10.2 Å². The molecule has 0 aliphatic heterocycles. The van der Waals surface area contributed by atoms with E-state index in [9.17, 15) is 22.8 Å². The van der Waals surface area contributed by atoms with Gasteiger partial charge in [-0.25, -0.2) is 4.79 Å². The molecule has 0 saturated heterocycles. The molecular formula is C19H30N3O7S+. The van der Waals surface area contributed by atoms with Crippen LogP contribution < -0.4 is 9.88 Å². The van der Waals surface area contributed by atoms with E-state index in [0.717, 1.165) is 6.26 Å². The molecule has 0 radical (unpaired) electrons. The lowest BCUT2D eigenvalue weighted by molar-refractivity contribution is -0.727. The summed E-state index contributed by atoms with van der Waals surface area (Å²) in [5.41, 5.74) is 0.452. The van der Waals surface area contributed by atoms with Crippen molar-refractivity contribution in [2.24, 2.45) is 11.8 Å². The van der Waals surface area contributed by atoms with Crippen LogP contribution in [0, 0.1) is 11.8 Å². The van der Waals surface area contributed by atoms with Crippen LogP contribution in [0.5, 0.6) is 0 Å². The van der Waals surface area contributed by atoms with Gasteiger partial charge in [-0.1, -0.05) is 13.8 Å². The second-order valence-corrected chi connectivity index (χ2v) is 9.18. The number of nitrogens with one attached hydrogen (secondary N) is 1. The van der Waals surface area contributed by atoms with Crippen molar-refractivity contribution < 1.29 is 36.3 Å². The minimum atomic E-state index is -3.87. The third kappa shape index (κ3) is 10.2. The minimum Gasteiger partial charge on any atom is -0.388 e. The molecule has 1 atom stereocenters. The van der Waals surface area contributed by atoms with Gasteiger partial charge in [0, 0.05) is 26.7 Å². The van der Waals surface area contributed by atoms with Crippen LogP contribution in [-0.2, 0) is 30.6 Å². The highest BCUT2D eigenvalue weighted by Crippen LogP contribution is 2.16. The van der Waals surface area contributed by atoms with Crippen LogP contribution in [-0.4, -0.2) is 58.2 Å². The first-order valence-corrected chi connectivity index (χ1v) is 11.2. The smallest absolute Gasteiger partial charge is 0.388 e. The first-order valence-electron chi connectivity index (χ1n) is 9.41. The van der Waals surface area contributed by atoms with Crippen molar-refractivity contribution in [3.63, 3.8) is 0 Å². The summed E-state index contributed by atoms with van der Waals surface area (Å²) in [6, 6.07) is 3.33. The van der Waals surface area contributed by atoms with E-state index in [-0.39, 0.29) is 37.4 Å². The highest BCUT2D eigenvalue weighted by atomic mass is 32.2. The molecule has 0 aromatic carbocycles. The summed E-state index contributed by atoms with van der Waals surface area (Å²) in [7, 11) is -0.591. The number of amides is 2. The van der Waals surface area contributed by atoms with E-state index in [1.54, 1.807) is 43.2 Å². The summed E-state index contributed by atoms with van der Waals surface area (Å²) in [6.07, 6.45) is 3.77. The molecule has 1 aromatic rings. The maximum absolute atomic E-state index is 12.0. The molecule has 10 nitrogen and oxygen atoms in total. The Morgan fingerprint density at radius 1 is 1.23 bits per heavy atom. The second-order valence-electron chi connectivity index (χ2n) is 7.61. The number of alkyl carbamates (subject to hydrolysis) is 1. The molecule has 1 aromatic heterocycles. The number of aromatic nitrogens is 1. The van der Waals surface area contributed by atoms with Crippen LogP contribution in [0.4, 0.5) is 4.79 Å². The summed E-state index contributed by atoms with van der Waals surface area (Å²) in [6.45, 7) is 3.92. The van der Waals surface area contributed by atoms with Gasteiger partial charge in [0.1, 0.15) is 5.56 Å². The fourth-order valence-corrected chi connectivity index (χ4v) is 3.15. The summed E-state index contributed by atoms with van der Waals surface area (Å²) >= 11 is 0. The van der Waals surface area contributed by atoms with E-state index in [4.69, 9.17) is 4.74 Å². The number of pyridine rings is 1. The Morgan fingerprint density at radius 3 is 2.47 bits per heavy atom. The van der Waals surface area contributed by atoms with Crippen LogP contribution in [0.2, 0.25) is 0 Å². The zero-order valence-corrected chi connectivity index (χ0v) is 18.8. The minimum absolute atomic E-state index is 0.106. The predicted octanol–water partition coefficient (Wildman–Crippen LogP) is 0.915. The molecule has 168 valence electrons. The highest BCUT2D eigenvalue weighted by Gasteiger charge is 2.21. The third-order valence-corrected chi connectivity index (χ3v) is 4.38. The van der Waals surface area contributed by atoms with Gasteiger partial charge in [0.05, 0.1) is 12.7 Å². The lowest BCUT2D eigenvalue weighted by Gasteiger charge is -2.18. The van der Waals surface area contributed by atoms with Crippen LogP contribution in [0.3, 0.4) is 0 Å². The third-order valence-electron chi connectivity index (χ3n) is 3.90. The molecule has 0 fully saturated rings. The maximum Gasteiger partial charge on any atom is 0.412 e. The lowest BCUT2D eigenvalue weighted by Crippen LogP contribution is -2.40. The highest BCUT2D eigenvalue weighted by molar-refractivity contribution is 7.86. The number of hydrogen-bond acceptors (Lipinski definition) is 7. The van der Waals surface area contributed by atoms with E-state index in [0.29, 0.717) is 12.0 Å². The Morgan fingerprint density at radius 2 is 1.90 bits per heavy atom. The van der Waals surface area contributed by atoms with Crippen molar-refractivity contribution in [2.45, 2.75) is 33.4 Å². The Balaban J connectivity index is 2.58. The number of rotatable bonds is 10. The predicted molar refractivity (Wildman–Crippen MR) is 108 cm³/mol. The van der Waals surface area contributed by atoms with Gasteiger partial charge < -0.3 is 19.1 Å². The maximum atomic E-state index is 12.0. The molecule has 30 heavy (non-hydrogen) atoms. The number of carbonyl (C=O) groups excluding carboxylic acids is 3. The molecule has 0 saturated carbocycles. The topological polar surface area (TPSA) is 123 Å². The fourth-order valence-electron chi connectivity index (χ4n) is 2.74. The Labute approximate surface area is 177 Å². The summed E-state index contributed by atoms with van der Waals surface area (Å²) in [4.78, 5) is 37.2. The quantitative estimate of drug-likeness (QED) is 0.420. The number of hydrogen-bond donors (Lipinski definition) is 1. The standard InChI is InChI=1S/C19H29N3O7S/c1-14(2)9-15(10-17(23)29-30(5,26)27)11-20-19(25)28-13-22-8-6-7-16(12-22)18(24)21(3)4/h6-8,12,14-15H,9-11,13H2,1-5H3/p+1. The van der Waals surface area contributed by atoms with Crippen LogP contribution >= 0.6 is 0 Å². The molecule has 0 spiro atoms. The van der Waals surface area contributed by atoms with Crippen molar-refractivity contribution in [1.29, 1.82) is 0 Å². The Kier molecular flexibility index (Phi) is 9.70. The monoisotopic (exact) mass is 444 g/mol. The van der Waals surface area contributed by atoms with Gasteiger partial charge >= 0.3 is 22.2 Å². The largest absolute Gasteiger partial charge is 0.412 e. The van der Waals surface area contributed by atoms with Crippen molar-refractivity contribution in [3.8, 4) is 0 Å². The molecule has 1 rings (SSSR count). The number of ether oxygens (including phenoxy) is 1. The lowest BCUT2D eigenvalue weighted by atomic mass is 9.94.